The first-order chi connectivity index (χ1) is 17.8. The van der Waals surface area contributed by atoms with Crippen LogP contribution in [0.2, 0.25) is 0 Å². The summed E-state index contributed by atoms with van der Waals surface area (Å²) in [4.78, 5) is 23.3. The molecule has 0 spiro atoms. The van der Waals surface area contributed by atoms with Crippen molar-refractivity contribution in [3.05, 3.63) is 92.4 Å². The molecule has 1 amide bonds. The molecule has 0 aromatic heterocycles. The van der Waals surface area contributed by atoms with Crippen LogP contribution in [0.5, 0.6) is 0 Å². The van der Waals surface area contributed by atoms with E-state index in [0.29, 0.717) is 25.6 Å². The molecule has 0 aliphatic rings. The number of carbonyl (C=O) groups excluding carboxylic acids is 1. The van der Waals surface area contributed by atoms with Crippen LogP contribution in [0.25, 0.3) is 0 Å². The summed E-state index contributed by atoms with van der Waals surface area (Å²) < 4.78 is 27.7. The molecule has 0 saturated carbocycles. The van der Waals surface area contributed by atoms with Crippen LogP contribution in [-0.2, 0) is 9.84 Å². The van der Waals surface area contributed by atoms with Crippen LogP contribution in [-0.4, -0.2) is 31.3 Å². The third-order valence-corrected chi connectivity index (χ3v) is 8.90. The Balaban J connectivity index is 0.000000384. The average molecular weight is 661 g/mol. The van der Waals surface area contributed by atoms with E-state index in [-0.39, 0.29) is 10.6 Å². The molecule has 0 radical (unpaired) electrons. The number of carbonyl (C=O) groups is 2. The zero-order valence-corrected chi connectivity index (χ0v) is 24.6. The highest BCUT2D eigenvalue weighted by Gasteiger charge is 2.45. The van der Waals surface area contributed by atoms with Crippen LogP contribution in [0.4, 0.5) is 10.5 Å². The summed E-state index contributed by atoms with van der Waals surface area (Å²) in [5.41, 5.74) is 0.655. The lowest BCUT2D eigenvalue weighted by molar-refractivity contribution is 0.112. The van der Waals surface area contributed by atoms with Crippen LogP contribution in [0.15, 0.2) is 80.6 Å². The summed E-state index contributed by atoms with van der Waals surface area (Å²) in [6.07, 6.45) is -0.662. The van der Waals surface area contributed by atoms with E-state index in [2.05, 4.69) is 31.9 Å². The number of rotatable bonds is 5. The molecule has 8 nitrogen and oxygen atoms in total. The van der Waals surface area contributed by atoms with Gasteiger partial charge in [-0.1, -0.05) is 54.9 Å². The van der Waals surface area contributed by atoms with Gasteiger partial charge in [-0.3, -0.25) is 9.69 Å². The minimum Gasteiger partial charge on any atom is -0.465 e. The molecule has 0 heterocycles. The van der Waals surface area contributed by atoms with Crippen molar-refractivity contribution in [3.63, 3.8) is 0 Å². The highest BCUT2D eigenvalue weighted by atomic mass is 79.9. The molecule has 0 saturated heterocycles. The number of halogens is 2. The number of nitriles is 2. The van der Waals surface area contributed by atoms with E-state index < -0.39 is 26.7 Å². The topological polar surface area (TPSA) is 139 Å². The maximum atomic E-state index is 13.4. The van der Waals surface area contributed by atoms with Crippen molar-refractivity contribution in [2.24, 2.45) is 5.41 Å². The summed E-state index contributed by atoms with van der Waals surface area (Å²) in [5.74, 6) is 0. The lowest BCUT2D eigenvalue weighted by Gasteiger charge is -2.38. The third-order valence-electron chi connectivity index (χ3n) is 5.14. The number of hydrogen-bond donors (Lipinski definition) is 1. The molecule has 196 valence electrons. The van der Waals surface area contributed by atoms with Crippen molar-refractivity contribution in [2.45, 2.75) is 31.0 Å². The fourth-order valence-electron chi connectivity index (χ4n) is 3.52. The number of nitrogens with zero attached hydrogens (tertiary/aromatic N) is 3. The van der Waals surface area contributed by atoms with Crippen LogP contribution in [0, 0.1) is 28.1 Å². The van der Waals surface area contributed by atoms with Crippen molar-refractivity contribution in [2.75, 3.05) is 4.90 Å². The molecule has 1 unspecified atom stereocenters. The SMILES string of the molecule is CC(C)(C)C(N(C(=O)O)c1ccc(C#N)cc1Br)S(=O)(=O)c1ccccc1.N#Cc1ccc(C=O)c(Br)c1. The fraction of sp³-hybridized carbons (Fsp3) is 0.185. The summed E-state index contributed by atoms with van der Waals surface area (Å²) >= 11 is 6.43. The molecule has 0 aliphatic carbocycles. The van der Waals surface area contributed by atoms with Gasteiger partial charge in [-0.15, -0.1) is 0 Å². The molecule has 3 aromatic carbocycles. The molecule has 3 aromatic rings. The van der Waals surface area contributed by atoms with E-state index in [1.807, 2.05) is 12.1 Å². The molecule has 1 N–H and O–H groups in total. The van der Waals surface area contributed by atoms with Crippen LogP contribution in [0.3, 0.4) is 0 Å². The van der Waals surface area contributed by atoms with Gasteiger partial charge in [0.15, 0.2) is 21.5 Å². The van der Waals surface area contributed by atoms with Gasteiger partial charge in [0.1, 0.15) is 0 Å². The van der Waals surface area contributed by atoms with E-state index in [4.69, 9.17) is 10.5 Å². The predicted octanol–water partition coefficient (Wildman–Crippen LogP) is 6.78. The van der Waals surface area contributed by atoms with Gasteiger partial charge in [-0.25, -0.2) is 13.2 Å². The zero-order valence-electron chi connectivity index (χ0n) is 20.6. The van der Waals surface area contributed by atoms with Gasteiger partial charge in [-0.05, 0) is 69.9 Å². The fourth-order valence-corrected chi connectivity index (χ4v) is 6.77. The molecule has 1 atom stereocenters. The number of anilines is 1. The summed E-state index contributed by atoms with van der Waals surface area (Å²) in [5, 5.41) is 26.0. The van der Waals surface area contributed by atoms with Crippen LogP contribution >= 0.6 is 31.9 Å². The number of carboxylic acid groups (broad SMARTS) is 1. The molecule has 0 bridgehead atoms. The van der Waals surface area contributed by atoms with Gasteiger partial charge in [0.05, 0.1) is 33.8 Å². The van der Waals surface area contributed by atoms with Gasteiger partial charge in [0.2, 0.25) is 0 Å². The predicted molar refractivity (Wildman–Crippen MR) is 150 cm³/mol. The van der Waals surface area contributed by atoms with E-state index >= 15 is 0 Å². The lowest BCUT2D eigenvalue weighted by Crippen LogP contribution is -2.52. The van der Waals surface area contributed by atoms with Crippen LogP contribution in [0.1, 0.15) is 42.3 Å². The molecular weight excluding hydrogens is 638 g/mol. The summed E-state index contributed by atoms with van der Waals surface area (Å²) in [6.45, 7) is 5.02. The lowest BCUT2D eigenvalue weighted by atomic mass is 9.95. The van der Waals surface area contributed by atoms with E-state index in [1.165, 1.54) is 30.3 Å². The Labute approximate surface area is 238 Å². The first-order valence-corrected chi connectivity index (χ1v) is 14.1. The largest absolute Gasteiger partial charge is 0.465 e. The van der Waals surface area contributed by atoms with Crippen molar-refractivity contribution in [3.8, 4) is 12.1 Å². The second-order valence-electron chi connectivity index (χ2n) is 8.97. The normalized spacial score (nSPS) is 11.7. The second kappa shape index (κ2) is 12.8. The van der Waals surface area contributed by atoms with Crippen LogP contribution < -0.4 is 4.90 Å². The van der Waals surface area contributed by atoms with Gasteiger partial charge in [0, 0.05) is 14.5 Å². The zero-order chi connectivity index (χ0) is 28.7. The Hall–Kier alpha value is -3.51. The summed E-state index contributed by atoms with van der Waals surface area (Å²) in [7, 11) is -4.02. The number of sulfone groups is 1. The Kier molecular flexibility index (Phi) is 10.4. The van der Waals surface area contributed by atoms with E-state index in [0.717, 1.165) is 11.2 Å². The molecule has 3 rings (SSSR count). The second-order valence-corrected chi connectivity index (χ2v) is 12.7. The standard InChI is InChI=1S/C19H19BrN2O4S.C8H4BrNO/c1-19(2,3)17(27(25,26)14-7-5-4-6-8-14)22(18(23)24)16-10-9-13(12-21)11-15(16)20;9-8-3-6(4-10)1-2-7(8)5-11/h4-11,17H,1-3H3,(H,23,24);1-3,5H. The van der Waals surface area contributed by atoms with E-state index in [9.17, 15) is 23.1 Å². The van der Waals surface area contributed by atoms with Crippen molar-refractivity contribution in [1.82, 2.24) is 0 Å². The third kappa shape index (κ3) is 7.29. The Bertz CT molecular complexity index is 1520. The Morgan fingerprint density at radius 2 is 1.47 bits per heavy atom. The van der Waals surface area contributed by atoms with Crippen molar-refractivity contribution in [1.29, 1.82) is 10.5 Å². The van der Waals surface area contributed by atoms with Crippen molar-refractivity contribution >= 4 is 59.8 Å². The number of hydrogen-bond acceptors (Lipinski definition) is 6. The minimum absolute atomic E-state index is 0.0425. The smallest absolute Gasteiger partial charge is 0.413 e. The highest BCUT2D eigenvalue weighted by molar-refractivity contribution is 9.11. The van der Waals surface area contributed by atoms with Gasteiger partial charge >= 0.3 is 6.09 Å². The monoisotopic (exact) mass is 659 g/mol. The Morgan fingerprint density at radius 3 is 1.89 bits per heavy atom. The maximum Gasteiger partial charge on any atom is 0.413 e. The van der Waals surface area contributed by atoms with Gasteiger partial charge in [0.25, 0.3) is 0 Å². The summed E-state index contributed by atoms with van der Waals surface area (Å²) in [6, 6.07) is 20.9. The minimum atomic E-state index is -4.02. The average Bonchev–Trinajstić information content (AvgIpc) is 2.87. The number of amides is 1. The van der Waals surface area contributed by atoms with Crippen molar-refractivity contribution < 1.29 is 23.1 Å². The number of aldehydes is 1. The van der Waals surface area contributed by atoms with E-state index in [1.54, 1.807) is 57.2 Å². The molecule has 38 heavy (non-hydrogen) atoms. The Morgan fingerprint density at radius 1 is 0.947 bits per heavy atom. The molecule has 11 heteroatoms. The van der Waals surface area contributed by atoms with Gasteiger partial charge < -0.3 is 5.11 Å². The highest BCUT2D eigenvalue weighted by Crippen LogP contribution is 2.38. The molecular formula is C27H23Br2N3O5S. The molecule has 0 fully saturated rings. The maximum absolute atomic E-state index is 13.4. The quantitative estimate of drug-likeness (QED) is 0.297. The molecule has 0 aliphatic heterocycles. The first kappa shape index (κ1) is 30.7. The van der Waals surface area contributed by atoms with Gasteiger partial charge in [-0.2, -0.15) is 10.5 Å². The number of benzene rings is 3. The first-order valence-electron chi connectivity index (χ1n) is 10.9.